The Kier molecular flexibility index (Phi) is 8.09. The molecule has 0 saturated heterocycles. The van der Waals surface area contributed by atoms with Gasteiger partial charge in [-0.05, 0) is 63.4 Å². The van der Waals surface area contributed by atoms with Gasteiger partial charge in [-0.1, -0.05) is 41.4 Å². The fourth-order valence-corrected chi connectivity index (χ4v) is 3.24. The average Bonchev–Trinajstić information content (AvgIpc) is 2.68. The Morgan fingerprint density at radius 2 is 1.79 bits per heavy atom. The van der Waals surface area contributed by atoms with Crippen LogP contribution in [-0.4, -0.2) is 35.9 Å². The lowest BCUT2D eigenvalue weighted by Gasteiger charge is -2.28. The molecule has 0 aliphatic carbocycles. The molecule has 1 atom stereocenters. The highest BCUT2D eigenvalue weighted by molar-refractivity contribution is 6.32. The number of hydrogen-bond acceptors (Lipinski definition) is 3. The lowest BCUT2D eigenvalue weighted by atomic mass is 10.1. The molecule has 0 fully saturated rings. The van der Waals surface area contributed by atoms with Crippen LogP contribution in [0.4, 0.5) is 0 Å². The average molecular weight is 417 g/mol. The normalized spacial score (nSPS) is 11.7. The highest BCUT2D eigenvalue weighted by Gasteiger charge is 2.26. The number of nitrogens with one attached hydrogen (secondary N) is 1. The molecule has 0 aliphatic heterocycles. The largest absolute Gasteiger partial charge is 0.484 e. The number of nitrogens with zero attached hydrogens (tertiary/aromatic N) is 1. The molecule has 2 amide bonds. The molecule has 0 bridgehead atoms. The van der Waals surface area contributed by atoms with Crippen molar-refractivity contribution in [1.82, 2.24) is 10.2 Å². The first-order valence-electron chi connectivity index (χ1n) is 9.75. The number of halogens is 1. The molecule has 0 aliphatic rings. The van der Waals surface area contributed by atoms with Gasteiger partial charge in [0.2, 0.25) is 5.91 Å². The van der Waals surface area contributed by atoms with Crippen LogP contribution < -0.4 is 10.1 Å². The lowest BCUT2D eigenvalue weighted by Crippen LogP contribution is -2.49. The number of carbonyl (C=O) groups excluding carboxylic acids is 2. The molecule has 2 aromatic rings. The predicted octanol–water partition coefficient (Wildman–Crippen LogP) is 4.20. The number of benzene rings is 2. The van der Waals surface area contributed by atoms with Crippen LogP contribution in [0, 0.1) is 20.8 Å². The summed E-state index contributed by atoms with van der Waals surface area (Å²) in [6.45, 7) is 10.1. The van der Waals surface area contributed by atoms with Crippen LogP contribution >= 0.6 is 11.6 Å². The Bertz CT molecular complexity index is 859. The highest BCUT2D eigenvalue weighted by atomic mass is 35.5. The van der Waals surface area contributed by atoms with E-state index in [0.717, 1.165) is 22.3 Å². The van der Waals surface area contributed by atoms with Crippen molar-refractivity contribution in [1.29, 1.82) is 0 Å². The highest BCUT2D eigenvalue weighted by Crippen LogP contribution is 2.26. The summed E-state index contributed by atoms with van der Waals surface area (Å²) in [6, 6.07) is 10.9. The van der Waals surface area contributed by atoms with Crippen LogP contribution in [0.15, 0.2) is 36.4 Å². The molecule has 0 heterocycles. The number of aryl methyl sites for hydroxylation is 3. The Morgan fingerprint density at radius 1 is 1.14 bits per heavy atom. The van der Waals surface area contributed by atoms with E-state index in [1.165, 1.54) is 0 Å². The first kappa shape index (κ1) is 22.8. The smallest absolute Gasteiger partial charge is 0.261 e. The summed E-state index contributed by atoms with van der Waals surface area (Å²) in [5.41, 5.74) is 3.85. The minimum Gasteiger partial charge on any atom is -0.484 e. The molecular formula is C23H29ClN2O3. The summed E-state index contributed by atoms with van der Waals surface area (Å²) in [4.78, 5) is 26.9. The van der Waals surface area contributed by atoms with Gasteiger partial charge in [0.1, 0.15) is 11.8 Å². The van der Waals surface area contributed by atoms with E-state index in [2.05, 4.69) is 5.32 Å². The fourth-order valence-electron chi connectivity index (χ4n) is 3.13. The van der Waals surface area contributed by atoms with Crippen molar-refractivity contribution in [3.63, 3.8) is 0 Å². The van der Waals surface area contributed by atoms with Gasteiger partial charge in [-0.25, -0.2) is 0 Å². The molecule has 156 valence electrons. The summed E-state index contributed by atoms with van der Waals surface area (Å²) in [5, 5.41) is 3.47. The summed E-state index contributed by atoms with van der Waals surface area (Å²) in [6.07, 6.45) is 0. The maximum Gasteiger partial charge on any atom is 0.261 e. The van der Waals surface area contributed by atoms with Crippen LogP contribution in [0.5, 0.6) is 5.75 Å². The molecule has 6 heteroatoms. The zero-order valence-electron chi connectivity index (χ0n) is 17.7. The Hall–Kier alpha value is -2.53. The van der Waals surface area contributed by atoms with Gasteiger partial charge in [-0.2, -0.15) is 0 Å². The first-order chi connectivity index (χ1) is 13.7. The van der Waals surface area contributed by atoms with Crippen molar-refractivity contribution >= 4 is 23.4 Å². The van der Waals surface area contributed by atoms with Crippen molar-refractivity contribution in [2.45, 2.75) is 47.2 Å². The number of amides is 2. The van der Waals surface area contributed by atoms with E-state index in [9.17, 15) is 9.59 Å². The van der Waals surface area contributed by atoms with Gasteiger partial charge in [0.05, 0.1) is 0 Å². The maximum atomic E-state index is 13.0. The molecule has 2 aromatic carbocycles. The van der Waals surface area contributed by atoms with E-state index in [-0.39, 0.29) is 18.4 Å². The summed E-state index contributed by atoms with van der Waals surface area (Å²) < 4.78 is 5.74. The Labute approximate surface area is 178 Å². The second-order valence-electron chi connectivity index (χ2n) is 7.24. The molecule has 29 heavy (non-hydrogen) atoms. The maximum absolute atomic E-state index is 13.0. The third kappa shape index (κ3) is 6.23. The van der Waals surface area contributed by atoms with Crippen molar-refractivity contribution in [2.24, 2.45) is 0 Å². The minimum atomic E-state index is -0.611. The first-order valence-corrected chi connectivity index (χ1v) is 10.1. The molecular weight excluding hydrogens is 388 g/mol. The van der Waals surface area contributed by atoms with Crippen molar-refractivity contribution in [2.75, 3.05) is 13.2 Å². The SMILES string of the molecule is CCNC(=O)[C@@H](C)N(Cc1cccc(C)c1)C(=O)COc1cc(C)c(Cl)c(C)c1. The fraction of sp³-hybridized carbons (Fsp3) is 0.391. The van der Waals surface area contributed by atoms with Gasteiger partial charge in [0, 0.05) is 18.1 Å². The summed E-state index contributed by atoms with van der Waals surface area (Å²) >= 11 is 6.20. The van der Waals surface area contributed by atoms with Crippen molar-refractivity contribution < 1.29 is 14.3 Å². The molecule has 0 radical (unpaired) electrons. The second kappa shape index (κ2) is 10.3. The monoisotopic (exact) mass is 416 g/mol. The number of hydrogen-bond donors (Lipinski definition) is 1. The van der Waals surface area contributed by atoms with E-state index < -0.39 is 6.04 Å². The van der Waals surface area contributed by atoms with Crippen LogP contribution in [-0.2, 0) is 16.1 Å². The van der Waals surface area contributed by atoms with E-state index in [1.54, 1.807) is 24.0 Å². The van der Waals surface area contributed by atoms with Crippen LogP contribution in [0.3, 0.4) is 0 Å². The van der Waals surface area contributed by atoms with Gasteiger partial charge >= 0.3 is 0 Å². The molecule has 5 nitrogen and oxygen atoms in total. The van der Waals surface area contributed by atoms with Gasteiger partial charge < -0.3 is 15.0 Å². The predicted molar refractivity (Wildman–Crippen MR) is 116 cm³/mol. The molecule has 2 rings (SSSR count). The van der Waals surface area contributed by atoms with E-state index in [0.29, 0.717) is 23.9 Å². The number of ether oxygens (including phenoxy) is 1. The van der Waals surface area contributed by atoms with Gasteiger partial charge in [-0.3, -0.25) is 9.59 Å². The summed E-state index contributed by atoms with van der Waals surface area (Å²) in [5.74, 6) is 0.140. The van der Waals surface area contributed by atoms with Crippen LogP contribution in [0.2, 0.25) is 5.02 Å². The van der Waals surface area contributed by atoms with Gasteiger partial charge in [-0.15, -0.1) is 0 Å². The lowest BCUT2D eigenvalue weighted by molar-refractivity contribution is -0.142. The molecule has 0 saturated carbocycles. The molecule has 0 aromatic heterocycles. The third-order valence-corrected chi connectivity index (χ3v) is 5.32. The minimum absolute atomic E-state index is 0.157. The molecule has 1 N–H and O–H groups in total. The van der Waals surface area contributed by atoms with E-state index >= 15 is 0 Å². The Morgan fingerprint density at radius 3 is 2.38 bits per heavy atom. The van der Waals surface area contributed by atoms with Gasteiger partial charge in [0.15, 0.2) is 6.61 Å². The number of carbonyl (C=O) groups is 2. The van der Waals surface area contributed by atoms with Crippen molar-refractivity contribution in [3.05, 3.63) is 63.7 Å². The summed E-state index contributed by atoms with van der Waals surface area (Å²) in [7, 11) is 0. The molecule has 0 unspecified atom stereocenters. The quantitative estimate of drug-likeness (QED) is 0.701. The van der Waals surface area contributed by atoms with Crippen LogP contribution in [0.1, 0.15) is 36.1 Å². The number of likely N-dealkylation sites (N-methyl/N-ethyl adjacent to an activating group) is 1. The van der Waals surface area contributed by atoms with Crippen molar-refractivity contribution in [3.8, 4) is 5.75 Å². The Balaban J connectivity index is 2.18. The topological polar surface area (TPSA) is 58.6 Å². The zero-order valence-corrected chi connectivity index (χ0v) is 18.5. The van der Waals surface area contributed by atoms with Crippen LogP contribution in [0.25, 0.3) is 0 Å². The van der Waals surface area contributed by atoms with E-state index in [4.69, 9.17) is 16.3 Å². The zero-order chi connectivity index (χ0) is 21.6. The van der Waals surface area contributed by atoms with E-state index in [1.807, 2.05) is 52.0 Å². The third-order valence-electron chi connectivity index (χ3n) is 4.73. The van der Waals surface area contributed by atoms with Gasteiger partial charge in [0.25, 0.3) is 5.91 Å². The molecule has 0 spiro atoms. The number of rotatable bonds is 8. The standard InChI is InChI=1S/C23H29ClN2O3/c1-6-25-23(28)18(5)26(13-19-9-7-8-15(2)10-19)21(27)14-29-20-11-16(3)22(24)17(4)12-20/h7-12,18H,6,13-14H2,1-5H3,(H,25,28)/t18-/m1/s1. The second-order valence-corrected chi connectivity index (χ2v) is 7.62.